The fourth-order valence-corrected chi connectivity index (χ4v) is 1.85. The Hall–Kier alpha value is -1.88. The Labute approximate surface area is 126 Å². The lowest BCUT2D eigenvalue weighted by atomic mass is 10.1. The summed E-state index contributed by atoms with van der Waals surface area (Å²) in [6, 6.07) is 5.02. The molecule has 0 fully saturated rings. The number of hydrogen-bond donors (Lipinski definition) is 1. The molecule has 0 spiro atoms. The zero-order valence-electron chi connectivity index (χ0n) is 12.8. The molecule has 0 saturated heterocycles. The lowest BCUT2D eigenvalue weighted by molar-refractivity contribution is -0.385. The standard InChI is InChI=1S/C16H24N2O3/c1-4-5-6-9-21-16-10-14(12-17-11-13(2)3)7-8-15(16)18(19)20/h4,7-8,10,13,17H,1,5-6,9,11-12H2,2-3H3. The molecule has 0 amide bonds. The minimum Gasteiger partial charge on any atom is -0.487 e. The van der Waals surface area contributed by atoms with E-state index in [-0.39, 0.29) is 5.69 Å². The molecule has 0 aliphatic carbocycles. The second-order valence-electron chi connectivity index (χ2n) is 5.36. The molecule has 1 aromatic rings. The SMILES string of the molecule is C=CCCCOc1cc(CNCC(C)C)ccc1[N+](=O)[O-]. The van der Waals surface area contributed by atoms with Crippen LogP contribution in [0.5, 0.6) is 5.75 Å². The average Bonchev–Trinajstić information content (AvgIpc) is 2.43. The molecule has 116 valence electrons. The molecule has 0 radical (unpaired) electrons. The van der Waals surface area contributed by atoms with Crippen molar-refractivity contribution in [2.75, 3.05) is 13.2 Å². The van der Waals surface area contributed by atoms with E-state index in [0.717, 1.165) is 24.9 Å². The zero-order chi connectivity index (χ0) is 15.7. The summed E-state index contributed by atoms with van der Waals surface area (Å²) in [7, 11) is 0. The summed E-state index contributed by atoms with van der Waals surface area (Å²) in [5.74, 6) is 0.908. The number of benzene rings is 1. The van der Waals surface area contributed by atoms with Crippen LogP contribution in [0.2, 0.25) is 0 Å². The maximum atomic E-state index is 11.0. The van der Waals surface area contributed by atoms with Crippen molar-refractivity contribution in [1.29, 1.82) is 0 Å². The molecule has 0 aromatic heterocycles. The number of rotatable bonds is 10. The molecule has 0 bridgehead atoms. The lowest BCUT2D eigenvalue weighted by Crippen LogP contribution is -2.19. The fourth-order valence-electron chi connectivity index (χ4n) is 1.85. The normalized spacial score (nSPS) is 10.6. The van der Waals surface area contributed by atoms with E-state index >= 15 is 0 Å². The maximum absolute atomic E-state index is 11.0. The third-order valence-electron chi connectivity index (χ3n) is 2.91. The highest BCUT2D eigenvalue weighted by Crippen LogP contribution is 2.28. The van der Waals surface area contributed by atoms with Gasteiger partial charge in [0.1, 0.15) is 0 Å². The average molecular weight is 292 g/mol. The Morgan fingerprint density at radius 1 is 1.48 bits per heavy atom. The van der Waals surface area contributed by atoms with Crippen LogP contribution >= 0.6 is 0 Å². The van der Waals surface area contributed by atoms with E-state index in [4.69, 9.17) is 4.74 Å². The van der Waals surface area contributed by atoms with Crippen LogP contribution in [0.25, 0.3) is 0 Å². The van der Waals surface area contributed by atoms with Gasteiger partial charge in [-0.1, -0.05) is 26.0 Å². The van der Waals surface area contributed by atoms with E-state index in [2.05, 4.69) is 25.7 Å². The summed E-state index contributed by atoms with van der Waals surface area (Å²) in [6.45, 7) is 9.96. The molecule has 0 aliphatic rings. The highest BCUT2D eigenvalue weighted by molar-refractivity contribution is 5.48. The summed E-state index contributed by atoms with van der Waals surface area (Å²) in [5.41, 5.74) is 1.00. The first-order valence-electron chi connectivity index (χ1n) is 7.26. The monoisotopic (exact) mass is 292 g/mol. The van der Waals surface area contributed by atoms with Crippen molar-refractivity contribution >= 4 is 5.69 Å². The van der Waals surface area contributed by atoms with Crippen molar-refractivity contribution in [2.24, 2.45) is 5.92 Å². The van der Waals surface area contributed by atoms with Gasteiger partial charge in [-0.2, -0.15) is 0 Å². The Kier molecular flexibility index (Phi) is 7.46. The third kappa shape index (κ3) is 6.40. The van der Waals surface area contributed by atoms with Crippen molar-refractivity contribution in [3.8, 4) is 5.75 Å². The molecule has 5 nitrogen and oxygen atoms in total. The van der Waals surface area contributed by atoms with Gasteiger partial charge in [0.05, 0.1) is 11.5 Å². The van der Waals surface area contributed by atoms with E-state index in [0.29, 0.717) is 24.8 Å². The maximum Gasteiger partial charge on any atom is 0.310 e. The van der Waals surface area contributed by atoms with Crippen molar-refractivity contribution in [2.45, 2.75) is 33.2 Å². The first-order valence-corrected chi connectivity index (χ1v) is 7.26. The van der Waals surface area contributed by atoms with Gasteiger partial charge in [0.2, 0.25) is 0 Å². The van der Waals surface area contributed by atoms with E-state index in [9.17, 15) is 10.1 Å². The van der Waals surface area contributed by atoms with Gasteiger partial charge < -0.3 is 10.1 Å². The number of ether oxygens (including phenoxy) is 1. The molecule has 0 saturated carbocycles. The minimum atomic E-state index is -0.409. The Balaban J connectivity index is 2.70. The van der Waals surface area contributed by atoms with Crippen LogP contribution < -0.4 is 10.1 Å². The third-order valence-corrected chi connectivity index (χ3v) is 2.91. The molecule has 0 atom stereocenters. The van der Waals surface area contributed by atoms with Crippen molar-refractivity contribution < 1.29 is 9.66 Å². The molecule has 1 N–H and O–H groups in total. The number of nitrogens with one attached hydrogen (secondary N) is 1. The molecule has 0 unspecified atom stereocenters. The molecule has 1 rings (SSSR count). The van der Waals surface area contributed by atoms with Crippen LogP contribution in [-0.2, 0) is 6.54 Å². The van der Waals surface area contributed by atoms with Crippen LogP contribution in [0.3, 0.4) is 0 Å². The van der Waals surface area contributed by atoms with Crippen LogP contribution in [-0.4, -0.2) is 18.1 Å². The van der Waals surface area contributed by atoms with E-state index in [1.54, 1.807) is 12.1 Å². The number of nitro benzene ring substituents is 1. The van der Waals surface area contributed by atoms with Crippen LogP contribution in [0.15, 0.2) is 30.9 Å². The Morgan fingerprint density at radius 3 is 2.86 bits per heavy atom. The van der Waals surface area contributed by atoms with Gasteiger partial charge in [-0.05, 0) is 36.9 Å². The van der Waals surface area contributed by atoms with E-state index in [1.807, 2.05) is 6.08 Å². The van der Waals surface area contributed by atoms with Gasteiger partial charge in [0.15, 0.2) is 5.75 Å². The summed E-state index contributed by atoms with van der Waals surface area (Å²) < 4.78 is 5.55. The van der Waals surface area contributed by atoms with Crippen molar-refractivity contribution in [3.05, 3.63) is 46.5 Å². The number of nitro groups is 1. The Bertz CT molecular complexity index is 473. The van der Waals surface area contributed by atoms with Gasteiger partial charge in [0.25, 0.3) is 0 Å². The summed E-state index contributed by atoms with van der Waals surface area (Å²) in [5, 5.41) is 14.3. The number of hydrogen-bond acceptors (Lipinski definition) is 4. The number of allylic oxidation sites excluding steroid dienone is 1. The largest absolute Gasteiger partial charge is 0.487 e. The summed E-state index contributed by atoms with van der Waals surface area (Å²) >= 11 is 0. The smallest absolute Gasteiger partial charge is 0.310 e. The molecule has 21 heavy (non-hydrogen) atoms. The van der Waals surface area contributed by atoms with E-state index < -0.39 is 4.92 Å². The van der Waals surface area contributed by atoms with Crippen LogP contribution in [0, 0.1) is 16.0 Å². The Morgan fingerprint density at radius 2 is 2.24 bits per heavy atom. The van der Waals surface area contributed by atoms with Gasteiger partial charge in [0, 0.05) is 12.6 Å². The quantitative estimate of drug-likeness (QED) is 0.309. The van der Waals surface area contributed by atoms with Gasteiger partial charge in [-0.3, -0.25) is 10.1 Å². The predicted molar refractivity (Wildman–Crippen MR) is 84.6 cm³/mol. The highest BCUT2D eigenvalue weighted by Gasteiger charge is 2.15. The van der Waals surface area contributed by atoms with Gasteiger partial charge in [-0.25, -0.2) is 0 Å². The first kappa shape index (κ1) is 17.2. The molecule has 0 heterocycles. The highest BCUT2D eigenvalue weighted by atomic mass is 16.6. The fraction of sp³-hybridized carbons (Fsp3) is 0.500. The number of unbranched alkanes of at least 4 members (excludes halogenated alkanes) is 1. The molecular weight excluding hydrogens is 268 g/mol. The number of nitrogens with zero attached hydrogens (tertiary/aromatic N) is 1. The van der Waals surface area contributed by atoms with Gasteiger partial charge in [-0.15, -0.1) is 6.58 Å². The molecule has 1 aromatic carbocycles. The first-order chi connectivity index (χ1) is 10.0. The lowest BCUT2D eigenvalue weighted by Gasteiger charge is -2.10. The van der Waals surface area contributed by atoms with Crippen LogP contribution in [0.4, 0.5) is 5.69 Å². The minimum absolute atomic E-state index is 0.0150. The molecule has 5 heteroatoms. The zero-order valence-corrected chi connectivity index (χ0v) is 12.8. The second-order valence-corrected chi connectivity index (χ2v) is 5.36. The molecular formula is C16H24N2O3. The predicted octanol–water partition coefficient (Wildman–Crippen LogP) is 3.69. The van der Waals surface area contributed by atoms with Crippen molar-refractivity contribution in [3.63, 3.8) is 0 Å². The van der Waals surface area contributed by atoms with E-state index in [1.165, 1.54) is 6.07 Å². The summed E-state index contributed by atoms with van der Waals surface area (Å²) in [6.07, 6.45) is 3.45. The summed E-state index contributed by atoms with van der Waals surface area (Å²) in [4.78, 5) is 10.6. The van der Waals surface area contributed by atoms with Crippen LogP contribution in [0.1, 0.15) is 32.3 Å². The van der Waals surface area contributed by atoms with Crippen molar-refractivity contribution in [1.82, 2.24) is 5.32 Å². The molecule has 0 aliphatic heterocycles. The van der Waals surface area contributed by atoms with Gasteiger partial charge >= 0.3 is 5.69 Å². The topological polar surface area (TPSA) is 64.4 Å². The second kappa shape index (κ2) is 9.13.